The molecule has 0 bridgehead atoms. The second kappa shape index (κ2) is 7.44. The van der Waals surface area contributed by atoms with E-state index in [0.717, 1.165) is 11.3 Å². The first-order valence-corrected chi connectivity index (χ1v) is 7.25. The van der Waals surface area contributed by atoms with Gasteiger partial charge in [-0.25, -0.2) is 0 Å². The molecule has 3 N–H and O–H groups in total. The van der Waals surface area contributed by atoms with E-state index < -0.39 is 17.3 Å². The Morgan fingerprint density at radius 3 is 2.65 bits per heavy atom. The quantitative estimate of drug-likeness (QED) is 0.704. The molecule has 0 fully saturated rings. The van der Waals surface area contributed by atoms with E-state index in [4.69, 9.17) is 4.74 Å². The molecule has 0 radical (unpaired) electrons. The third-order valence-electron chi connectivity index (χ3n) is 3.10. The van der Waals surface area contributed by atoms with E-state index in [-0.39, 0.29) is 5.69 Å². The summed E-state index contributed by atoms with van der Waals surface area (Å²) in [5.41, 5.74) is 0.341. The van der Waals surface area contributed by atoms with E-state index >= 15 is 0 Å². The van der Waals surface area contributed by atoms with Crippen LogP contribution >= 0.6 is 0 Å². The third kappa shape index (κ3) is 4.84. The monoisotopic (exact) mass is 317 g/mol. The molecule has 2 rings (SSSR count). The maximum Gasteiger partial charge on any atom is 0.278 e. The highest BCUT2D eigenvalue weighted by Gasteiger charge is 2.11. The summed E-state index contributed by atoms with van der Waals surface area (Å²) in [5.74, 6) is 0.181. The van der Waals surface area contributed by atoms with Gasteiger partial charge in [0.05, 0.1) is 6.61 Å². The summed E-state index contributed by atoms with van der Waals surface area (Å²) in [6, 6.07) is 7.72. The molecule has 0 unspecified atom stereocenters. The summed E-state index contributed by atoms with van der Waals surface area (Å²) < 4.78 is 5.58. The van der Waals surface area contributed by atoms with Crippen LogP contribution in [0, 0.1) is 6.92 Å². The highest BCUT2D eigenvalue weighted by molar-refractivity contribution is 5.89. The predicted octanol–water partition coefficient (Wildman–Crippen LogP) is 1.75. The average Bonchev–Trinajstić information content (AvgIpc) is 2.49. The van der Waals surface area contributed by atoms with Crippen LogP contribution in [0.15, 0.2) is 29.1 Å². The predicted molar refractivity (Wildman–Crippen MR) is 85.8 cm³/mol. The van der Waals surface area contributed by atoms with Crippen molar-refractivity contribution in [2.45, 2.75) is 26.7 Å². The Kier molecular flexibility index (Phi) is 5.35. The number of rotatable bonds is 6. The number of nitrogens with one attached hydrogen (secondary N) is 2. The lowest BCUT2D eigenvalue weighted by Crippen LogP contribution is -2.20. The second-order valence-electron chi connectivity index (χ2n) is 5.16. The number of carbonyl (C=O) groups excluding carboxylic acids is 1. The molecule has 0 spiro atoms. The van der Waals surface area contributed by atoms with Crippen LogP contribution < -0.4 is 15.6 Å². The number of hydrogen-bond donors (Lipinski definition) is 3. The SMILES string of the molecule is CC(=O)Nc1c(O)nc(CCCOc2ccc(C)cc2)[nH]c1=O. The molecular weight excluding hydrogens is 298 g/mol. The lowest BCUT2D eigenvalue weighted by atomic mass is 10.2. The first kappa shape index (κ1) is 16.5. The standard InChI is InChI=1S/C16H19N3O4/c1-10-5-7-12(8-6-10)23-9-3-4-13-18-15(21)14(16(22)19-13)17-11(2)20/h5-8H,3-4,9H2,1-2H3,(H,17,20)(H2,18,19,21,22). The van der Waals surface area contributed by atoms with Gasteiger partial charge in [-0.05, 0) is 25.5 Å². The summed E-state index contributed by atoms with van der Waals surface area (Å²) in [5, 5.41) is 11.9. The molecule has 0 atom stereocenters. The van der Waals surface area contributed by atoms with Crippen molar-refractivity contribution in [2.24, 2.45) is 0 Å². The molecule has 1 amide bonds. The van der Waals surface area contributed by atoms with Crippen molar-refractivity contribution >= 4 is 11.6 Å². The fourth-order valence-corrected chi connectivity index (χ4v) is 1.98. The van der Waals surface area contributed by atoms with Crippen LogP contribution in [0.25, 0.3) is 0 Å². The van der Waals surface area contributed by atoms with Crippen LogP contribution in [0.3, 0.4) is 0 Å². The molecule has 1 aromatic heterocycles. The summed E-state index contributed by atoms with van der Waals surface area (Å²) in [7, 11) is 0. The molecule has 0 aliphatic heterocycles. The van der Waals surface area contributed by atoms with Gasteiger partial charge in [0.1, 0.15) is 11.6 Å². The Labute approximate surface area is 133 Å². The molecule has 1 aromatic carbocycles. The number of carbonyl (C=O) groups is 1. The highest BCUT2D eigenvalue weighted by atomic mass is 16.5. The zero-order valence-corrected chi connectivity index (χ0v) is 13.0. The van der Waals surface area contributed by atoms with Crippen LogP contribution in [0.4, 0.5) is 5.69 Å². The number of benzene rings is 1. The van der Waals surface area contributed by atoms with E-state index in [1.54, 1.807) is 0 Å². The van der Waals surface area contributed by atoms with Crippen LogP contribution in [0.2, 0.25) is 0 Å². The second-order valence-corrected chi connectivity index (χ2v) is 5.16. The number of hydrogen-bond acceptors (Lipinski definition) is 5. The average molecular weight is 317 g/mol. The highest BCUT2D eigenvalue weighted by Crippen LogP contribution is 2.15. The van der Waals surface area contributed by atoms with Gasteiger partial charge in [-0.3, -0.25) is 9.59 Å². The Bertz CT molecular complexity index is 738. The molecule has 23 heavy (non-hydrogen) atoms. The molecule has 7 heteroatoms. The van der Waals surface area contributed by atoms with Gasteiger partial charge in [-0.2, -0.15) is 4.98 Å². The number of aromatic nitrogens is 2. The number of aromatic hydroxyl groups is 1. The fraction of sp³-hybridized carbons (Fsp3) is 0.312. The Morgan fingerprint density at radius 2 is 2.04 bits per heavy atom. The Balaban J connectivity index is 1.89. The molecule has 2 aromatic rings. The maximum atomic E-state index is 11.8. The van der Waals surface area contributed by atoms with Gasteiger partial charge in [0, 0.05) is 13.3 Å². The Morgan fingerprint density at radius 1 is 1.35 bits per heavy atom. The Hall–Kier alpha value is -2.83. The molecule has 122 valence electrons. The first-order valence-electron chi connectivity index (χ1n) is 7.25. The number of amides is 1. The van der Waals surface area contributed by atoms with Crippen LogP contribution in [0.1, 0.15) is 24.7 Å². The van der Waals surface area contributed by atoms with Crippen molar-refractivity contribution in [3.63, 3.8) is 0 Å². The van der Waals surface area contributed by atoms with Gasteiger partial charge in [0.2, 0.25) is 11.8 Å². The van der Waals surface area contributed by atoms with Crippen molar-refractivity contribution in [3.8, 4) is 11.6 Å². The maximum absolute atomic E-state index is 11.8. The van der Waals surface area contributed by atoms with Crippen molar-refractivity contribution < 1.29 is 14.6 Å². The third-order valence-corrected chi connectivity index (χ3v) is 3.10. The van der Waals surface area contributed by atoms with Crippen LogP contribution in [-0.4, -0.2) is 27.6 Å². The lowest BCUT2D eigenvalue weighted by molar-refractivity contribution is -0.114. The number of nitrogens with zero attached hydrogens (tertiary/aromatic N) is 1. The smallest absolute Gasteiger partial charge is 0.278 e. The van der Waals surface area contributed by atoms with Gasteiger partial charge < -0.3 is 20.1 Å². The largest absolute Gasteiger partial charge is 0.494 e. The molecule has 0 saturated heterocycles. The van der Waals surface area contributed by atoms with Crippen LogP contribution in [0.5, 0.6) is 11.6 Å². The van der Waals surface area contributed by atoms with Gasteiger partial charge in [0.25, 0.3) is 5.56 Å². The molecule has 0 aliphatic carbocycles. The van der Waals surface area contributed by atoms with E-state index in [0.29, 0.717) is 25.3 Å². The fourth-order valence-electron chi connectivity index (χ4n) is 1.98. The molecule has 7 nitrogen and oxygen atoms in total. The van der Waals surface area contributed by atoms with E-state index in [1.165, 1.54) is 6.92 Å². The minimum Gasteiger partial charge on any atom is -0.494 e. The van der Waals surface area contributed by atoms with E-state index in [9.17, 15) is 14.7 Å². The van der Waals surface area contributed by atoms with Crippen molar-refractivity contribution in [1.82, 2.24) is 9.97 Å². The zero-order chi connectivity index (χ0) is 16.8. The topological polar surface area (TPSA) is 104 Å². The summed E-state index contributed by atoms with van der Waals surface area (Å²) in [4.78, 5) is 29.1. The summed E-state index contributed by atoms with van der Waals surface area (Å²) in [6.07, 6.45) is 1.06. The number of aromatic amines is 1. The molecular formula is C16H19N3O4. The van der Waals surface area contributed by atoms with Gasteiger partial charge in [-0.15, -0.1) is 0 Å². The minimum atomic E-state index is -0.581. The van der Waals surface area contributed by atoms with E-state index in [1.807, 2.05) is 31.2 Å². The van der Waals surface area contributed by atoms with Crippen molar-refractivity contribution in [3.05, 3.63) is 46.0 Å². The number of aryl methyl sites for hydroxylation is 2. The van der Waals surface area contributed by atoms with Crippen LogP contribution in [-0.2, 0) is 11.2 Å². The normalized spacial score (nSPS) is 10.3. The molecule has 0 aliphatic rings. The molecule has 1 heterocycles. The summed E-state index contributed by atoms with van der Waals surface area (Å²) in [6.45, 7) is 3.71. The van der Waals surface area contributed by atoms with Gasteiger partial charge in [-0.1, -0.05) is 17.7 Å². The van der Waals surface area contributed by atoms with Gasteiger partial charge in [0.15, 0.2) is 5.69 Å². The van der Waals surface area contributed by atoms with Crippen molar-refractivity contribution in [1.29, 1.82) is 0 Å². The summed E-state index contributed by atoms with van der Waals surface area (Å²) >= 11 is 0. The molecule has 0 saturated carbocycles. The lowest BCUT2D eigenvalue weighted by Gasteiger charge is -2.08. The zero-order valence-electron chi connectivity index (χ0n) is 13.0. The van der Waals surface area contributed by atoms with Crippen molar-refractivity contribution in [2.75, 3.05) is 11.9 Å². The first-order chi connectivity index (χ1) is 11.0. The minimum absolute atomic E-state index is 0.239. The number of H-pyrrole nitrogens is 1. The number of ether oxygens (including phenoxy) is 1. The van der Waals surface area contributed by atoms with Gasteiger partial charge >= 0.3 is 0 Å². The number of anilines is 1. The van der Waals surface area contributed by atoms with E-state index in [2.05, 4.69) is 15.3 Å².